The molecule has 0 heterocycles. The molecule has 0 spiro atoms. The average molecular weight is 509 g/mol. The number of aliphatic imine (C=N–C) groups is 1. The predicted octanol–water partition coefficient (Wildman–Crippen LogP) is 2.86. The fraction of sp³-hybridized carbons (Fsp3) is 0.650. The van der Waals surface area contributed by atoms with Crippen molar-refractivity contribution in [3.05, 3.63) is 23.8 Å². The number of nitrogens with zero attached hydrogens (tertiary/aromatic N) is 1. The normalized spacial score (nSPS) is 10.9. The number of rotatable bonds is 14. The van der Waals surface area contributed by atoms with Gasteiger partial charge in [-0.1, -0.05) is 6.07 Å². The van der Waals surface area contributed by atoms with Crippen LogP contribution in [0.15, 0.2) is 23.2 Å². The lowest BCUT2D eigenvalue weighted by Gasteiger charge is -2.12. The smallest absolute Gasteiger partial charge is 0.191 e. The molecular weight excluding hydrogens is 473 g/mol. The number of benzene rings is 1. The van der Waals surface area contributed by atoms with Gasteiger partial charge in [0.15, 0.2) is 17.5 Å². The Labute approximate surface area is 186 Å². The molecule has 0 aliphatic rings. The molecular formula is C20H36IN3O4. The molecule has 0 bridgehead atoms. The molecule has 0 amide bonds. The van der Waals surface area contributed by atoms with Crippen LogP contribution < -0.4 is 20.1 Å². The summed E-state index contributed by atoms with van der Waals surface area (Å²) in [6.07, 6.45) is 2.84. The van der Waals surface area contributed by atoms with Crippen LogP contribution in [0.25, 0.3) is 0 Å². The quantitative estimate of drug-likeness (QED) is 0.174. The molecule has 0 saturated heterocycles. The van der Waals surface area contributed by atoms with Crippen LogP contribution in [0.3, 0.4) is 0 Å². The molecule has 0 aromatic heterocycles. The fourth-order valence-corrected chi connectivity index (χ4v) is 2.48. The number of aryl methyl sites for hydroxylation is 1. The maximum absolute atomic E-state index is 5.45. The van der Waals surface area contributed by atoms with Gasteiger partial charge in [-0.05, 0) is 43.9 Å². The summed E-state index contributed by atoms with van der Waals surface area (Å²) in [7, 11) is 4.98. The maximum Gasteiger partial charge on any atom is 0.191 e. The summed E-state index contributed by atoms with van der Waals surface area (Å²) in [5, 5.41) is 6.60. The summed E-state index contributed by atoms with van der Waals surface area (Å²) in [6.45, 7) is 6.48. The molecule has 162 valence electrons. The highest BCUT2D eigenvalue weighted by molar-refractivity contribution is 14.0. The van der Waals surface area contributed by atoms with E-state index in [0.717, 1.165) is 63.0 Å². The van der Waals surface area contributed by atoms with Gasteiger partial charge in [-0.2, -0.15) is 0 Å². The van der Waals surface area contributed by atoms with E-state index in [-0.39, 0.29) is 24.0 Å². The van der Waals surface area contributed by atoms with Crippen LogP contribution in [-0.4, -0.2) is 66.7 Å². The second-order valence-electron chi connectivity index (χ2n) is 5.94. The van der Waals surface area contributed by atoms with E-state index < -0.39 is 0 Å². The zero-order valence-electron chi connectivity index (χ0n) is 17.6. The molecule has 8 heteroatoms. The van der Waals surface area contributed by atoms with Gasteiger partial charge in [0.2, 0.25) is 0 Å². The van der Waals surface area contributed by atoms with Crippen molar-refractivity contribution in [3.63, 3.8) is 0 Å². The number of hydrogen-bond acceptors (Lipinski definition) is 5. The van der Waals surface area contributed by atoms with Crippen LogP contribution in [-0.2, 0) is 15.9 Å². The Morgan fingerprint density at radius 1 is 0.964 bits per heavy atom. The molecule has 0 unspecified atom stereocenters. The Hall–Kier alpha value is -1.26. The Balaban J connectivity index is 0.00000729. The average Bonchev–Trinajstić information content (AvgIpc) is 2.70. The lowest BCUT2D eigenvalue weighted by molar-refractivity contribution is 0.0698. The Morgan fingerprint density at radius 3 is 2.43 bits per heavy atom. The summed E-state index contributed by atoms with van der Waals surface area (Å²) >= 11 is 0. The van der Waals surface area contributed by atoms with Gasteiger partial charge in [0, 0.05) is 33.4 Å². The molecule has 1 rings (SSSR count). The summed E-state index contributed by atoms with van der Waals surface area (Å²) < 4.78 is 21.0. The lowest BCUT2D eigenvalue weighted by atomic mass is 10.1. The molecule has 0 aliphatic heterocycles. The van der Waals surface area contributed by atoms with E-state index in [1.165, 1.54) is 5.56 Å². The second kappa shape index (κ2) is 17.8. The highest BCUT2D eigenvalue weighted by atomic mass is 127. The van der Waals surface area contributed by atoms with Crippen molar-refractivity contribution >= 4 is 29.9 Å². The van der Waals surface area contributed by atoms with E-state index in [2.05, 4.69) is 28.6 Å². The molecule has 0 radical (unpaired) electrons. The standard InChI is InChI=1S/C20H35N3O4.HI/c1-5-21-20(23-12-7-13-27-15-14-24-2)22-11-6-8-17-9-10-18(25-3)19(16-17)26-4;/h9-10,16H,5-8,11-15H2,1-4H3,(H2,21,22,23);1H. The molecule has 2 N–H and O–H groups in total. The highest BCUT2D eigenvalue weighted by Gasteiger charge is 2.04. The van der Waals surface area contributed by atoms with Gasteiger partial charge < -0.3 is 29.6 Å². The van der Waals surface area contributed by atoms with Crippen LogP contribution in [0.2, 0.25) is 0 Å². The van der Waals surface area contributed by atoms with Crippen molar-refractivity contribution in [2.75, 3.05) is 60.8 Å². The summed E-state index contributed by atoms with van der Waals surface area (Å²) in [6, 6.07) is 6.03. The molecule has 7 nitrogen and oxygen atoms in total. The third-order valence-corrected chi connectivity index (χ3v) is 3.88. The first-order valence-electron chi connectivity index (χ1n) is 9.54. The first-order valence-corrected chi connectivity index (χ1v) is 9.54. The zero-order chi connectivity index (χ0) is 19.7. The van der Waals surface area contributed by atoms with E-state index in [1.54, 1.807) is 21.3 Å². The monoisotopic (exact) mass is 509 g/mol. The van der Waals surface area contributed by atoms with E-state index >= 15 is 0 Å². The van der Waals surface area contributed by atoms with Gasteiger partial charge in [0.05, 0.1) is 27.4 Å². The number of halogens is 1. The Bertz CT molecular complexity index is 544. The van der Waals surface area contributed by atoms with Gasteiger partial charge >= 0.3 is 0 Å². The molecule has 0 fully saturated rings. The topological polar surface area (TPSA) is 73.3 Å². The molecule has 0 atom stereocenters. The number of methoxy groups -OCH3 is 3. The maximum atomic E-state index is 5.45. The molecule has 28 heavy (non-hydrogen) atoms. The van der Waals surface area contributed by atoms with Crippen LogP contribution in [0.1, 0.15) is 25.3 Å². The van der Waals surface area contributed by atoms with Crippen molar-refractivity contribution < 1.29 is 18.9 Å². The van der Waals surface area contributed by atoms with E-state index in [1.807, 2.05) is 12.1 Å². The number of ether oxygens (including phenoxy) is 4. The summed E-state index contributed by atoms with van der Waals surface area (Å²) in [4.78, 5) is 4.63. The van der Waals surface area contributed by atoms with Crippen LogP contribution in [0.4, 0.5) is 0 Å². The number of nitrogens with one attached hydrogen (secondary N) is 2. The third-order valence-electron chi connectivity index (χ3n) is 3.88. The minimum Gasteiger partial charge on any atom is -0.493 e. The van der Waals surface area contributed by atoms with Crippen LogP contribution >= 0.6 is 24.0 Å². The first kappa shape index (κ1) is 26.7. The number of hydrogen-bond donors (Lipinski definition) is 2. The third kappa shape index (κ3) is 11.6. The lowest BCUT2D eigenvalue weighted by Crippen LogP contribution is -2.38. The van der Waals surface area contributed by atoms with Crippen LogP contribution in [0.5, 0.6) is 11.5 Å². The zero-order valence-corrected chi connectivity index (χ0v) is 19.9. The minimum absolute atomic E-state index is 0. The number of guanidine groups is 1. The Morgan fingerprint density at radius 2 is 1.75 bits per heavy atom. The fourth-order valence-electron chi connectivity index (χ4n) is 2.48. The van der Waals surface area contributed by atoms with Gasteiger partial charge in [0.1, 0.15) is 0 Å². The van der Waals surface area contributed by atoms with Crippen molar-refractivity contribution in [2.24, 2.45) is 4.99 Å². The van der Waals surface area contributed by atoms with Gasteiger partial charge in [-0.3, -0.25) is 4.99 Å². The van der Waals surface area contributed by atoms with Crippen molar-refractivity contribution in [3.8, 4) is 11.5 Å². The first-order chi connectivity index (χ1) is 13.2. The van der Waals surface area contributed by atoms with Crippen molar-refractivity contribution in [1.82, 2.24) is 10.6 Å². The molecule has 1 aromatic rings. The highest BCUT2D eigenvalue weighted by Crippen LogP contribution is 2.27. The summed E-state index contributed by atoms with van der Waals surface area (Å²) in [5.41, 5.74) is 1.22. The van der Waals surface area contributed by atoms with Gasteiger partial charge in [-0.15, -0.1) is 24.0 Å². The van der Waals surface area contributed by atoms with E-state index in [0.29, 0.717) is 13.2 Å². The Kier molecular flexibility index (Phi) is 17.0. The molecule has 0 aliphatic carbocycles. The van der Waals surface area contributed by atoms with Gasteiger partial charge in [0.25, 0.3) is 0 Å². The van der Waals surface area contributed by atoms with Crippen molar-refractivity contribution in [1.29, 1.82) is 0 Å². The largest absolute Gasteiger partial charge is 0.493 e. The molecule has 1 aromatic carbocycles. The minimum atomic E-state index is 0. The van der Waals surface area contributed by atoms with E-state index in [9.17, 15) is 0 Å². The SMILES string of the molecule is CCNC(=NCCCc1ccc(OC)c(OC)c1)NCCCOCCOC.I. The summed E-state index contributed by atoms with van der Waals surface area (Å²) in [5.74, 6) is 2.37. The second-order valence-corrected chi connectivity index (χ2v) is 5.94. The van der Waals surface area contributed by atoms with Gasteiger partial charge in [-0.25, -0.2) is 0 Å². The predicted molar refractivity (Wildman–Crippen MR) is 125 cm³/mol. The van der Waals surface area contributed by atoms with Crippen LogP contribution in [0, 0.1) is 0 Å². The van der Waals surface area contributed by atoms with E-state index in [4.69, 9.17) is 18.9 Å². The molecule has 0 saturated carbocycles. The van der Waals surface area contributed by atoms with Crippen molar-refractivity contribution in [2.45, 2.75) is 26.2 Å².